The molecule has 1 atom stereocenters. The second-order valence-corrected chi connectivity index (χ2v) is 6.90. The second-order valence-electron chi connectivity index (χ2n) is 6.90. The van der Waals surface area contributed by atoms with E-state index in [0.29, 0.717) is 11.3 Å². The Hall–Kier alpha value is -3.35. The number of rotatable bonds is 8. The molecule has 2 aromatic carbocycles. The highest BCUT2D eigenvalue weighted by molar-refractivity contribution is 5.96. The van der Waals surface area contributed by atoms with Gasteiger partial charge in [0.25, 0.3) is 5.91 Å². The number of urea groups is 1. The molecule has 152 valence electrons. The van der Waals surface area contributed by atoms with Crippen LogP contribution in [0.4, 0.5) is 10.5 Å². The molecule has 0 radical (unpaired) electrons. The Morgan fingerprint density at radius 2 is 1.72 bits per heavy atom. The Morgan fingerprint density at radius 1 is 1.03 bits per heavy atom. The maximum Gasteiger partial charge on any atom is 0.319 e. The van der Waals surface area contributed by atoms with Crippen LogP contribution in [-0.4, -0.2) is 30.6 Å². The molecule has 0 aromatic heterocycles. The Bertz CT molecular complexity index is 848. The average Bonchev–Trinajstić information content (AvgIpc) is 3.52. The van der Waals surface area contributed by atoms with E-state index in [1.807, 2.05) is 30.3 Å². The topological polar surface area (TPSA) is 96.5 Å². The van der Waals surface area contributed by atoms with E-state index in [0.717, 1.165) is 18.4 Å². The lowest BCUT2D eigenvalue weighted by Crippen LogP contribution is -2.31. The number of esters is 1. The van der Waals surface area contributed by atoms with Crippen molar-refractivity contribution in [3.8, 4) is 0 Å². The molecule has 1 fully saturated rings. The summed E-state index contributed by atoms with van der Waals surface area (Å²) in [5.74, 6) is -0.681. The van der Waals surface area contributed by atoms with Crippen molar-refractivity contribution >= 4 is 23.6 Å². The first kappa shape index (κ1) is 20.4. The van der Waals surface area contributed by atoms with Gasteiger partial charge in [0.2, 0.25) is 0 Å². The van der Waals surface area contributed by atoms with Crippen LogP contribution < -0.4 is 16.0 Å². The molecule has 1 aliphatic carbocycles. The summed E-state index contributed by atoms with van der Waals surface area (Å²) in [5, 5.41) is 8.48. The third-order valence-electron chi connectivity index (χ3n) is 4.50. The maximum atomic E-state index is 12.7. The van der Waals surface area contributed by atoms with Crippen LogP contribution >= 0.6 is 0 Å². The SMILES string of the molecule is CCOC(=O)CC(NC(=O)c1ccc(NC(=O)NC2CC2)cc1)c1ccccc1. The fraction of sp³-hybridized carbons (Fsp3) is 0.318. The third-order valence-corrected chi connectivity index (χ3v) is 4.50. The molecule has 3 amide bonds. The summed E-state index contributed by atoms with van der Waals surface area (Å²) >= 11 is 0. The largest absolute Gasteiger partial charge is 0.466 e. The number of anilines is 1. The molecular formula is C22H25N3O4. The van der Waals surface area contributed by atoms with Crippen LogP contribution in [0.3, 0.4) is 0 Å². The highest BCUT2D eigenvalue weighted by Crippen LogP contribution is 2.20. The first-order valence-electron chi connectivity index (χ1n) is 9.74. The molecular weight excluding hydrogens is 370 g/mol. The van der Waals surface area contributed by atoms with E-state index in [-0.39, 0.29) is 37.0 Å². The Morgan fingerprint density at radius 3 is 2.34 bits per heavy atom. The third kappa shape index (κ3) is 6.34. The minimum absolute atomic E-state index is 0.0462. The summed E-state index contributed by atoms with van der Waals surface area (Å²) in [6, 6.07) is 15.4. The van der Waals surface area contributed by atoms with Crippen molar-refractivity contribution in [1.29, 1.82) is 0 Å². The molecule has 1 unspecified atom stereocenters. The normalized spacial score (nSPS) is 13.8. The van der Waals surface area contributed by atoms with Crippen molar-refractivity contribution < 1.29 is 19.1 Å². The quantitative estimate of drug-likeness (QED) is 0.597. The zero-order chi connectivity index (χ0) is 20.6. The van der Waals surface area contributed by atoms with Crippen LogP contribution in [-0.2, 0) is 9.53 Å². The van der Waals surface area contributed by atoms with Crippen molar-refractivity contribution in [3.63, 3.8) is 0 Å². The first-order valence-corrected chi connectivity index (χ1v) is 9.74. The molecule has 2 aromatic rings. The van der Waals surface area contributed by atoms with Gasteiger partial charge in [-0.1, -0.05) is 30.3 Å². The van der Waals surface area contributed by atoms with E-state index >= 15 is 0 Å². The summed E-state index contributed by atoms with van der Waals surface area (Å²) in [7, 11) is 0. The van der Waals surface area contributed by atoms with Crippen LogP contribution in [0.5, 0.6) is 0 Å². The lowest BCUT2D eigenvalue weighted by molar-refractivity contribution is -0.143. The molecule has 0 aliphatic heterocycles. The van der Waals surface area contributed by atoms with E-state index in [2.05, 4.69) is 16.0 Å². The van der Waals surface area contributed by atoms with Gasteiger partial charge in [0.1, 0.15) is 0 Å². The van der Waals surface area contributed by atoms with Gasteiger partial charge in [0.15, 0.2) is 0 Å². The van der Waals surface area contributed by atoms with E-state index in [1.54, 1.807) is 31.2 Å². The minimum atomic E-state index is -0.495. The standard InChI is InChI=1S/C22H25N3O4/c1-2-29-20(26)14-19(15-6-4-3-5-7-15)25-21(27)16-8-10-17(11-9-16)23-22(28)24-18-12-13-18/h3-11,18-19H,2,12-14H2,1H3,(H,25,27)(H2,23,24,28). The van der Waals surface area contributed by atoms with Crippen LogP contribution in [0, 0.1) is 0 Å². The van der Waals surface area contributed by atoms with Gasteiger partial charge in [-0.2, -0.15) is 0 Å². The van der Waals surface area contributed by atoms with Gasteiger partial charge in [-0.15, -0.1) is 0 Å². The molecule has 29 heavy (non-hydrogen) atoms. The summed E-state index contributed by atoms with van der Waals surface area (Å²) in [4.78, 5) is 36.4. The van der Waals surface area contributed by atoms with Crippen LogP contribution in [0.1, 0.15) is 48.1 Å². The van der Waals surface area contributed by atoms with Gasteiger partial charge in [-0.05, 0) is 49.6 Å². The molecule has 1 saturated carbocycles. The van der Waals surface area contributed by atoms with E-state index in [9.17, 15) is 14.4 Å². The number of benzene rings is 2. The fourth-order valence-electron chi connectivity index (χ4n) is 2.85. The lowest BCUT2D eigenvalue weighted by atomic mass is 10.0. The second kappa shape index (κ2) is 9.73. The molecule has 0 bridgehead atoms. The van der Waals surface area contributed by atoms with Gasteiger partial charge in [0.05, 0.1) is 19.1 Å². The molecule has 0 saturated heterocycles. The number of ether oxygens (including phenoxy) is 1. The molecule has 3 N–H and O–H groups in total. The minimum Gasteiger partial charge on any atom is -0.466 e. The van der Waals surface area contributed by atoms with E-state index in [4.69, 9.17) is 4.74 Å². The summed E-state index contributed by atoms with van der Waals surface area (Å²) in [5.41, 5.74) is 1.86. The molecule has 0 spiro atoms. The van der Waals surface area contributed by atoms with Gasteiger partial charge < -0.3 is 20.7 Å². The van der Waals surface area contributed by atoms with Crippen molar-refractivity contribution in [2.24, 2.45) is 0 Å². The van der Waals surface area contributed by atoms with Gasteiger partial charge >= 0.3 is 12.0 Å². The Kier molecular flexibility index (Phi) is 6.84. The maximum absolute atomic E-state index is 12.7. The highest BCUT2D eigenvalue weighted by Gasteiger charge is 2.23. The zero-order valence-corrected chi connectivity index (χ0v) is 16.3. The number of hydrogen-bond donors (Lipinski definition) is 3. The van der Waals surface area contributed by atoms with Crippen molar-refractivity contribution in [2.45, 2.75) is 38.3 Å². The highest BCUT2D eigenvalue weighted by atomic mass is 16.5. The summed E-state index contributed by atoms with van der Waals surface area (Å²) < 4.78 is 5.03. The van der Waals surface area contributed by atoms with Crippen LogP contribution in [0.2, 0.25) is 0 Å². The lowest BCUT2D eigenvalue weighted by Gasteiger charge is -2.18. The molecule has 7 nitrogen and oxygen atoms in total. The predicted octanol–water partition coefficient (Wildman–Crippen LogP) is 3.39. The zero-order valence-electron chi connectivity index (χ0n) is 16.3. The smallest absolute Gasteiger partial charge is 0.319 e. The van der Waals surface area contributed by atoms with Crippen molar-refractivity contribution in [2.75, 3.05) is 11.9 Å². The summed E-state index contributed by atoms with van der Waals surface area (Å²) in [6.07, 6.45) is 2.08. The number of hydrogen-bond acceptors (Lipinski definition) is 4. The number of amides is 3. The van der Waals surface area contributed by atoms with E-state index < -0.39 is 6.04 Å². The number of carbonyl (C=O) groups is 3. The van der Waals surface area contributed by atoms with E-state index in [1.165, 1.54) is 0 Å². The van der Waals surface area contributed by atoms with Gasteiger partial charge in [-0.3, -0.25) is 9.59 Å². The number of carbonyl (C=O) groups excluding carboxylic acids is 3. The summed E-state index contributed by atoms with van der Waals surface area (Å²) in [6.45, 7) is 2.03. The Balaban J connectivity index is 1.63. The first-order chi connectivity index (χ1) is 14.0. The monoisotopic (exact) mass is 395 g/mol. The molecule has 0 heterocycles. The average molecular weight is 395 g/mol. The van der Waals surface area contributed by atoms with Gasteiger partial charge in [-0.25, -0.2) is 4.79 Å². The van der Waals surface area contributed by atoms with Crippen molar-refractivity contribution in [1.82, 2.24) is 10.6 Å². The van der Waals surface area contributed by atoms with Crippen LogP contribution in [0.25, 0.3) is 0 Å². The molecule has 1 aliphatic rings. The van der Waals surface area contributed by atoms with Crippen molar-refractivity contribution in [3.05, 3.63) is 65.7 Å². The molecule has 3 rings (SSSR count). The van der Waals surface area contributed by atoms with Gasteiger partial charge in [0, 0.05) is 17.3 Å². The predicted molar refractivity (Wildman–Crippen MR) is 110 cm³/mol. The van der Waals surface area contributed by atoms with Crippen LogP contribution in [0.15, 0.2) is 54.6 Å². The molecule has 7 heteroatoms. The Labute approximate surface area is 169 Å². The number of nitrogens with one attached hydrogen (secondary N) is 3. The fourth-order valence-corrected chi connectivity index (χ4v) is 2.85.